The Kier molecular flexibility index (Phi) is 7.68. The third-order valence-corrected chi connectivity index (χ3v) is 6.86. The molecule has 5 rings (SSSR count). The molecule has 6 nitrogen and oxygen atoms in total. The first-order valence-corrected chi connectivity index (χ1v) is 12.7. The lowest BCUT2D eigenvalue weighted by Crippen LogP contribution is -2.49. The van der Waals surface area contributed by atoms with Crippen LogP contribution in [0.2, 0.25) is 5.02 Å². The van der Waals surface area contributed by atoms with Crippen LogP contribution in [0, 0.1) is 0 Å². The number of carbonyl (C=O) groups is 1. The maximum atomic E-state index is 13.7. The molecular weight excluding hydrogens is 484 g/mol. The molecule has 1 fully saturated rings. The van der Waals surface area contributed by atoms with Crippen LogP contribution in [0.3, 0.4) is 0 Å². The van der Waals surface area contributed by atoms with E-state index in [1.807, 2.05) is 77.7 Å². The summed E-state index contributed by atoms with van der Waals surface area (Å²) in [5, 5.41) is 5.39. The highest BCUT2D eigenvalue weighted by molar-refractivity contribution is 6.33. The van der Waals surface area contributed by atoms with Gasteiger partial charge < -0.3 is 9.64 Å². The van der Waals surface area contributed by atoms with Crippen LogP contribution >= 0.6 is 11.6 Å². The first kappa shape index (κ1) is 24.8. The van der Waals surface area contributed by atoms with Crippen molar-refractivity contribution in [1.29, 1.82) is 0 Å². The summed E-state index contributed by atoms with van der Waals surface area (Å²) in [7, 11) is 1.63. The Morgan fingerprint density at radius 2 is 1.65 bits per heavy atom. The van der Waals surface area contributed by atoms with Crippen molar-refractivity contribution in [2.75, 3.05) is 39.8 Å². The minimum atomic E-state index is -0.0406. The van der Waals surface area contributed by atoms with E-state index in [1.165, 1.54) is 5.56 Å². The number of amides is 1. The fourth-order valence-corrected chi connectivity index (χ4v) is 4.68. The van der Waals surface area contributed by atoms with Crippen molar-refractivity contribution in [1.82, 2.24) is 19.6 Å². The Labute approximate surface area is 222 Å². The van der Waals surface area contributed by atoms with Crippen molar-refractivity contribution in [3.8, 4) is 22.7 Å². The molecule has 1 saturated heterocycles. The van der Waals surface area contributed by atoms with Crippen LogP contribution in [0.4, 0.5) is 0 Å². The topological polar surface area (TPSA) is 50.6 Å². The lowest BCUT2D eigenvalue weighted by atomic mass is 10.1. The number of rotatable bonds is 7. The molecule has 0 atom stereocenters. The zero-order chi connectivity index (χ0) is 25.6. The zero-order valence-electron chi connectivity index (χ0n) is 20.8. The molecule has 188 valence electrons. The summed E-state index contributed by atoms with van der Waals surface area (Å²) in [6.07, 6.45) is 4.32. The predicted octanol–water partition coefficient (Wildman–Crippen LogP) is 5.67. The van der Waals surface area contributed by atoms with E-state index >= 15 is 0 Å². The van der Waals surface area contributed by atoms with Crippen molar-refractivity contribution >= 4 is 23.6 Å². The molecular formula is C30H29ClN4O2. The van der Waals surface area contributed by atoms with Crippen LogP contribution in [0.25, 0.3) is 23.0 Å². The molecule has 0 spiro atoms. The molecule has 0 saturated carbocycles. The van der Waals surface area contributed by atoms with Crippen LogP contribution in [0.1, 0.15) is 16.1 Å². The fraction of sp³-hybridized carbons (Fsp3) is 0.200. The fourth-order valence-electron chi connectivity index (χ4n) is 4.45. The molecule has 1 amide bonds. The maximum Gasteiger partial charge on any atom is 0.272 e. The lowest BCUT2D eigenvalue weighted by molar-refractivity contribution is 0.0641. The minimum absolute atomic E-state index is 0.0406. The number of aromatic nitrogens is 2. The largest absolute Gasteiger partial charge is 0.497 e. The highest BCUT2D eigenvalue weighted by Crippen LogP contribution is 2.29. The quantitative estimate of drug-likeness (QED) is 0.320. The van der Waals surface area contributed by atoms with Crippen molar-refractivity contribution in [2.45, 2.75) is 0 Å². The van der Waals surface area contributed by atoms with Crippen LogP contribution in [0.5, 0.6) is 5.75 Å². The molecule has 4 aromatic rings. The number of carbonyl (C=O) groups excluding carboxylic acids is 1. The van der Waals surface area contributed by atoms with E-state index in [9.17, 15) is 4.79 Å². The first-order valence-electron chi connectivity index (χ1n) is 12.3. The van der Waals surface area contributed by atoms with Gasteiger partial charge in [0.05, 0.1) is 23.5 Å². The molecule has 2 heterocycles. The molecule has 1 aliphatic heterocycles. The number of hydrogen-bond donors (Lipinski definition) is 0. The van der Waals surface area contributed by atoms with Crippen molar-refractivity contribution in [3.63, 3.8) is 0 Å². The van der Waals surface area contributed by atoms with Gasteiger partial charge in [0.1, 0.15) is 11.4 Å². The van der Waals surface area contributed by atoms with Gasteiger partial charge in [0, 0.05) is 38.3 Å². The van der Waals surface area contributed by atoms with Gasteiger partial charge in [0.15, 0.2) is 0 Å². The SMILES string of the molecule is COc1ccc(-n2nc(-c3ccccc3Cl)cc2C(=O)N2CCN(C/C=C/c3ccccc3)CC2)cc1. The number of piperazine rings is 1. The minimum Gasteiger partial charge on any atom is -0.497 e. The molecule has 0 aliphatic carbocycles. The summed E-state index contributed by atoms with van der Waals surface area (Å²) in [5.74, 6) is 0.702. The highest BCUT2D eigenvalue weighted by atomic mass is 35.5. The molecule has 0 N–H and O–H groups in total. The van der Waals surface area contributed by atoms with Gasteiger partial charge in [0.2, 0.25) is 0 Å². The molecule has 3 aromatic carbocycles. The van der Waals surface area contributed by atoms with Gasteiger partial charge in [-0.3, -0.25) is 9.69 Å². The maximum absolute atomic E-state index is 13.7. The van der Waals surface area contributed by atoms with Crippen molar-refractivity contribution in [3.05, 3.63) is 107 Å². The second-order valence-corrected chi connectivity index (χ2v) is 9.32. The monoisotopic (exact) mass is 512 g/mol. The van der Waals surface area contributed by atoms with Crippen molar-refractivity contribution in [2.24, 2.45) is 0 Å². The average molecular weight is 513 g/mol. The molecule has 37 heavy (non-hydrogen) atoms. The lowest BCUT2D eigenvalue weighted by Gasteiger charge is -2.34. The molecule has 7 heteroatoms. The normalized spacial score (nSPS) is 14.3. The third kappa shape index (κ3) is 5.77. The summed E-state index contributed by atoms with van der Waals surface area (Å²) >= 11 is 6.46. The van der Waals surface area contributed by atoms with Crippen LogP contribution in [-0.4, -0.2) is 65.3 Å². The van der Waals surface area contributed by atoms with Gasteiger partial charge in [-0.25, -0.2) is 4.68 Å². The number of benzene rings is 3. The van der Waals surface area contributed by atoms with E-state index in [0.717, 1.165) is 36.6 Å². The van der Waals surface area contributed by atoms with E-state index in [1.54, 1.807) is 11.8 Å². The van der Waals surface area contributed by atoms with E-state index in [-0.39, 0.29) is 5.91 Å². The van der Waals surface area contributed by atoms with E-state index in [2.05, 4.69) is 29.2 Å². The van der Waals surface area contributed by atoms with Gasteiger partial charge in [-0.1, -0.05) is 72.3 Å². The number of halogens is 1. The van der Waals surface area contributed by atoms with E-state index in [4.69, 9.17) is 21.4 Å². The van der Waals surface area contributed by atoms with E-state index < -0.39 is 0 Å². The Morgan fingerprint density at radius 3 is 2.35 bits per heavy atom. The van der Waals surface area contributed by atoms with Crippen LogP contribution < -0.4 is 4.74 Å². The van der Waals surface area contributed by atoms with Gasteiger partial charge in [-0.15, -0.1) is 0 Å². The summed E-state index contributed by atoms with van der Waals surface area (Å²) in [4.78, 5) is 18.0. The van der Waals surface area contributed by atoms with Crippen LogP contribution in [0.15, 0.2) is 91.0 Å². The molecule has 1 aliphatic rings. The standard InChI is InChI=1S/C30H29ClN4O2/c1-37-25-15-13-24(14-16-25)35-29(22-28(32-35)26-11-5-6-12-27(26)31)30(36)34-20-18-33(19-21-34)17-7-10-23-8-3-2-4-9-23/h2-16,22H,17-21H2,1H3/b10-7+. The number of ether oxygens (including phenoxy) is 1. The van der Waals surface area contributed by atoms with E-state index in [0.29, 0.717) is 29.5 Å². The Hall–Kier alpha value is -3.87. The summed E-state index contributed by atoms with van der Waals surface area (Å²) in [6, 6.07) is 27.2. The van der Waals surface area contributed by atoms with Crippen LogP contribution in [-0.2, 0) is 0 Å². The van der Waals surface area contributed by atoms with Gasteiger partial charge in [0.25, 0.3) is 5.91 Å². The molecule has 0 radical (unpaired) electrons. The second kappa shape index (κ2) is 11.5. The Balaban J connectivity index is 1.34. The predicted molar refractivity (Wildman–Crippen MR) is 148 cm³/mol. The third-order valence-electron chi connectivity index (χ3n) is 6.53. The highest BCUT2D eigenvalue weighted by Gasteiger charge is 2.26. The van der Waals surface area contributed by atoms with Gasteiger partial charge in [-0.2, -0.15) is 5.10 Å². The smallest absolute Gasteiger partial charge is 0.272 e. The summed E-state index contributed by atoms with van der Waals surface area (Å²) < 4.78 is 7.00. The summed E-state index contributed by atoms with van der Waals surface area (Å²) in [6.45, 7) is 3.82. The molecule has 0 bridgehead atoms. The van der Waals surface area contributed by atoms with Gasteiger partial charge >= 0.3 is 0 Å². The second-order valence-electron chi connectivity index (χ2n) is 8.91. The van der Waals surface area contributed by atoms with Gasteiger partial charge in [-0.05, 0) is 42.0 Å². The Bertz CT molecular complexity index is 1370. The number of methoxy groups -OCH3 is 1. The first-order chi connectivity index (χ1) is 18.1. The number of hydrogen-bond acceptors (Lipinski definition) is 4. The number of nitrogens with zero attached hydrogens (tertiary/aromatic N) is 4. The molecule has 1 aromatic heterocycles. The zero-order valence-corrected chi connectivity index (χ0v) is 21.5. The average Bonchev–Trinajstić information content (AvgIpc) is 3.39. The van der Waals surface area contributed by atoms with Crippen molar-refractivity contribution < 1.29 is 9.53 Å². The summed E-state index contributed by atoms with van der Waals surface area (Å²) in [5.41, 5.74) is 3.94. The molecule has 0 unspecified atom stereocenters. The Morgan fingerprint density at radius 1 is 0.946 bits per heavy atom.